The molecule has 118 valence electrons. The number of nitrogens with zero attached hydrogens (tertiary/aromatic N) is 2. The zero-order valence-electron chi connectivity index (χ0n) is 11.4. The molecule has 1 unspecified atom stereocenters. The lowest BCUT2D eigenvalue weighted by Gasteiger charge is -2.32. The van der Waals surface area contributed by atoms with Crippen molar-refractivity contribution < 1.29 is 13.2 Å². The summed E-state index contributed by atoms with van der Waals surface area (Å²) in [5.74, 6) is 0. The minimum Gasteiger partial charge on any atom is -0.374 e. The van der Waals surface area contributed by atoms with Gasteiger partial charge in [-0.1, -0.05) is 6.92 Å². The molecule has 0 aromatic carbocycles. The van der Waals surface area contributed by atoms with Crippen molar-refractivity contribution in [2.75, 3.05) is 26.2 Å². The van der Waals surface area contributed by atoms with E-state index in [2.05, 4.69) is 4.90 Å². The Bertz CT molecular complexity index is 726. The van der Waals surface area contributed by atoms with Gasteiger partial charge in [0, 0.05) is 30.0 Å². The van der Waals surface area contributed by atoms with E-state index in [9.17, 15) is 18.0 Å². The summed E-state index contributed by atoms with van der Waals surface area (Å²) in [6.07, 6.45) is 0.700. The first-order valence-corrected chi connectivity index (χ1v) is 8.74. The third kappa shape index (κ3) is 3.94. The van der Waals surface area contributed by atoms with Crippen molar-refractivity contribution in [2.45, 2.75) is 24.5 Å². The highest BCUT2D eigenvalue weighted by Crippen LogP contribution is 2.10. The minimum absolute atomic E-state index is 0.144. The van der Waals surface area contributed by atoms with Gasteiger partial charge in [-0.05, 0) is 6.54 Å². The third-order valence-corrected chi connectivity index (χ3v) is 4.63. The summed E-state index contributed by atoms with van der Waals surface area (Å²) in [5.41, 5.74) is -1.72. The van der Waals surface area contributed by atoms with E-state index >= 15 is 0 Å². The van der Waals surface area contributed by atoms with Gasteiger partial charge in [-0.2, -0.15) is 0 Å². The molecular formula is C11H16ClN3O5S. The van der Waals surface area contributed by atoms with Crippen LogP contribution in [0.1, 0.15) is 6.92 Å². The van der Waals surface area contributed by atoms with Gasteiger partial charge in [0.25, 0.3) is 14.6 Å². The summed E-state index contributed by atoms with van der Waals surface area (Å²) in [7, 11) is 0.962. The number of hydrogen-bond donors (Lipinski definition) is 1. The standard InChI is InChI=1S/C11H16ClN3O5S/c1-2-14-3-4-20-8(5-14)6-15-7-9(21(12,18)19)10(16)13-11(15)17/h7-8H,2-6H2,1H3,(H,13,16,17). The Labute approximate surface area is 125 Å². The topological polar surface area (TPSA) is 101 Å². The zero-order valence-corrected chi connectivity index (χ0v) is 13.0. The van der Waals surface area contributed by atoms with E-state index in [0.29, 0.717) is 13.2 Å². The van der Waals surface area contributed by atoms with Gasteiger partial charge in [0.05, 0.1) is 19.3 Å². The summed E-state index contributed by atoms with van der Waals surface area (Å²) < 4.78 is 29.2. The molecule has 2 rings (SSSR count). The lowest BCUT2D eigenvalue weighted by atomic mass is 10.2. The van der Waals surface area contributed by atoms with E-state index in [1.807, 2.05) is 11.9 Å². The van der Waals surface area contributed by atoms with Crippen LogP contribution >= 0.6 is 10.7 Å². The van der Waals surface area contributed by atoms with Crippen LogP contribution < -0.4 is 11.2 Å². The molecule has 1 saturated heterocycles. The van der Waals surface area contributed by atoms with Crippen LogP contribution in [0.4, 0.5) is 0 Å². The van der Waals surface area contributed by atoms with Crippen molar-refractivity contribution in [3.63, 3.8) is 0 Å². The number of ether oxygens (including phenoxy) is 1. The number of rotatable bonds is 4. The highest BCUT2D eigenvalue weighted by molar-refractivity contribution is 8.13. The normalized spacial score (nSPS) is 20.6. The number of likely N-dealkylation sites (N-methyl/N-ethyl adjacent to an activating group) is 1. The summed E-state index contributed by atoms with van der Waals surface area (Å²) in [5, 5.41) is 0. The average Bonchev–Trinajstić information content (AvgIpc) is 2.40. The number of morpholine rings is 1. The Balaban J connectivity index is 2.28. The lowest BCUT2D eigenvalue weighted by Crippen LogP contribution is -2.45. The average molecular weight is 338 g/mol. The first-order chi connectivity index (χ1) is 9.81. The molecule has 0 amide bonds. The van der Waals surface area contributed by atoms with Crippen molar-refractivity contribution in [3.8, 4) is 0 Å². The van der Waals surface area contributed by atoms with Crippen LogP contribution in [0.3, 0.4) is 0 Å². The van der Waals surface area contributed by atoms with Gasteiger partial charge in [0.1, 0.15) is 0 Å². The highest BCUT2D eigenvalue weighted by atomic mass is 35.7. The number of halogens is 1. The molecule has 0 saturated carbocycles. The van der Waals surface area contributed by atoms with E-state index < -0.39 is 25.2 Å². The smallest absolute Gasteiger partial charge is 0.328 e. The molecule has 0 aliphatic carbocycles. The zero-order chi connectivity index (χ0) is 15.6. The summed E-state index contributed by atoms with van der Waals surface area (Å²) in [6.45, 7) is 5.01. The molecule has 1 aliphatic rings. The van der Waals surface area contributed by atoms with E-state index in [0.717, 1.165) is 23.9 Å². The van der Waals surface area contributed by atoms with Gasteiger partial charge >= 0.3 is 5.69 Å². The van der Waals surface area contributed by atoms with E-state index in [1.54, 1.807) is 0 Å². The maximum Gasteiger partial charge on any atom is 0.328 e. The number of hydrogen-bond acceptors (Lipinski definition) is 6. The van der Waals surface area contributed by atoms with Crippen LogP contribution in [0.5, 0.6) is 0 Å². The molecule has 1 aliphatic heterocycles. The molecule has 1 N–H and O–H groups in total. The van der Waals surface area contributed by atoms with Crippen LogP contribution in [0.25, 0.3) is 0 Å². The van der Waals surface area contributed by atoms with Gasteiger partial charge in [0.15, 0.2) is 4.90 Å². The molecule has 0 bridgehead atoms. The third-order valence-electron chi connectivity index (χ3n) is 3.31. The van der Waals surface area contributed by atoms with Crippen molar-refractivity contribution in [1.82, 2.24) is 14.5 Å². The predicted molar refractivity (Wildman–Crippen MR) is 76.2 cm³/mol. The molecule has 0 spiro atoms. The minimum atomic E-state index is -4.21. The van der Waals surface area contributed by atoms with Gasteiger partial charge in [-0.15, -0.1) is 0 Å². The number of H-pyrrole nitrogens is 1. The van der Waals surface area contributed by atoms with Crippen molar-refractivity contribution in [2.24, 2.45) is 0 Å². The van der Waals surface area contributed by atoms with E-state index in [4.69, 9.17) is 15.4 Å². The maximum absolute atomic E-state index is 11.7. The quantitative estimate of drug-likeness (QED) is 0.721. The molecule has 2 heterocycles. The Kier molecular flexibility index (Phi) is 4.87. The predicted octanol–water partition coefficient (Wildman–Crippen LogP) is -0.815. The molecule has 1 aromatic rings. The Morgan fingerprint density at radius 1 is 1.48 bits per heavy atom. The van der Waals surface area contributed by atoms with Gasteiger partial charge in [-0.25, -0.2) is 13.2 Å². The van der Waals surface area contributed by atoms with Crippen LogP contribution in [0.15, 0.2) is 20.7 Å². The number of nitrogens with one attached hydrogen (secondary N) is 1. The van der Waals surface area contributed by atoms with Crippen molar-refractivity contribution in [1.29, 1.82) is 0 Å². The van der Waals surface area contributed by atoms with Gasteiger partial charge in [0.2, 0.25) is 0 Å². The van der Waals surface area contributed by atoms with E-state index in [1.165, 1.54) is 0 Å². The second-order valence-corrected chi connectivity index (χ2v) is 7.26. The maximum atomic E-state index is 11.7. The SMILES string of the molecule is CCN1CCOC(Cn2cc(S(=O)(=O)Cl)c(=O)[nH]c2=O)C1. The molecule has 1 atom stereocenters. The lowest BCUT2D eigenvalue weighted by molar-refractivity contribution is -0.0349. The van der Waals surface area contributed by atoms with Gasteiger partial charge in [-0.3, -0.25) is 19.2 Å². The van der Waals surface area contributed by atoms with Crippen molar-refractivity contribution in [3.05, 3.63) is 27.0 Å². The first-order valence-electron chi connectivity index (χ1n) is 6.43. The Hall–Kier alpha value is -1.16. The Morgan fingerprint density at radius 3 is 2.81 bits per heavy atom. The molecule has 8 nitrogen and oxygen atoms in total. The molecule has 21 heavy (non-hydrogen) atoms. The van der Waals surface area contributed by atoms with Crippen LogP contribution in [-0.4, -0.2) is 55.2 Å². The fraction of sp³-hybridized carbons (Fsp3) is 0.636. The summed E-state index contributed by atoms with van der Waals surface area (Å²) in [4.78, 5) is 26.7. The fourth-order valence-corrected chi connectivity index (χ4v) is 3.05. The number of aromatic nitrogens is 2. The second kappa shape index (κ2) is 6.30. The first kappa shape index (κ1) is 16.2. The van der Waals surface area contributed by atoms with Crippen molar-refractivity contribution >= 4 is 19.7 Å². The summed E-state index contributed by atoms with van der Waals surface area (Å²) in [6, 6.07) is 0. The second-order valence-electron chi connectivity index (χ2n) is 4.73. The van der Waals surface area contributed by atoms with Gasteiger partial charge < -0.3 is 4.74 Å². The number of aromatic amines is 1. The van der Waals surface area contributed by atoms with E-state index in [-0.39, 0.29) is 12.6 Å². The molecule has 0 radical (unpaired) electrons. The van der Waals surface area contributed by atoms with Crippen LogP contribution in [0, 0.1) is 0 Å². The highest BCUT2D eigenvalue weighted by Gasteiger charge is 2.22. The van der Waals surface area contributed by atoms with Crippen LogP contribution in [-0.2, 0) is 20.3 Å². The molecule has 10 heteroatoms. The molecular weight excluding hydrogens is 322 g/mol. The molecule has 1 fully saturated rings. The summed E-state index contributed by atoms with van der Waals surface area (Å²) >= 11 is 0. The van der Waals surface area contributed by atoms with Crippen LogP contribution in [0.2, 0.25) is 0 Å². The Morgan fingerprint density at radius 2 is 2.19 bits per heavy atom. The largest absolute Gasteiger partial charge is 0.374 e. The fourth-order valence-electron chi connectivity index (χ4n) is 2.20. The monoisotopic (exact) mass is 337 g/mol. The molecule has 1 aromatic heterocycles.